The lowest BCUT2D eigenvalue weighted by atomic mass is 10.1. The molecule has 118 valence electrons. The summed E-state index contributed by atoms with van der Waals surface area (Å²) in [6.45, 7) is 1.34. The zero-order valence-electron chi connectivity index (χ0n) is 13.1. The van der Waals surface area contributed by atoms with E-state index in [4.69, 9.17) is 16.3 Å². The number of halogens is 1. The van der Waals surface area contributed by atoms with Gasteiger partial charge >= 0.3 is 0 Å². The summed E-state index contributed by atoms with van der Waals surface area (Å²) in [6, 6.07) is 18.1. The van der Waals surface area contributed by atoms with E-state index in [0.29, 0.717) is 6.61 Å². The number of rotatable bonds is 6. The summed E-state index contributed by atoms with van der Waals surface area (Å²) in [6.07, 6.45) is 6.14. The standard InChI is InChI=1S/C19H20ClN2O/c1-21-11-12-22(15-21)13-19(17-5-3-2-4-6-17)23-14-16-7-9-18(20)10-8-16/h2-12,15,19H,13-14H2,1H3/q+1. The van der Waals surface area contributed by atoms with Gasteiger partial charge in [0, 0.05) is 5.02 Å². The molecule has 1 aromatic heterocycles. The highest BCUT2D eigenvalue weighted by molar-refractivity contribution is 6.30. The van der Waals surface area contributed by atoms with Crippen LogP contribution in [0.3, 0.4) is 0 Å². The van der Waals surface area contributed by atoms with E-state index in [2.05, 4.69) is 29.2 Å². The number of nitrogens with zero attached hydrogens (tertiary/aromatic N) is 2. The summed E-state index contributed by atoms with van der Waals surface area (Å²) >= 11 is 5.93. The third kappa shape index (κ3) is 4.44. The van der Waals surface area contributed by atoms with E-state index >= 15 is 0 Å². The maximum Gasteiger partial charge on any atom is 0.243 e. The number of benzene rings is 2. The van der Waals surface area contributed by atoms with Crippen LogP contribution in [0.4, 0.5) is 0 Å². The summed E-state index contributed by atoms with van der Waals surface area (Å²) in [5.41, 5.74) is 2.30. The Morgan fingerprint density at radius 2 is 1.83 bits per heavy atom. The molecular formula is C19H20ClN2O+. The van der Waals surface area contributed by atoms with Crippen LogP contribution in [-0.4, -0.2) is 4.57 Å². The second kappa shape index (κ2) is 7.44. The zero-order chi connectivity index (χ0) is 16.1. The average Bonchev–Trinajstić information content (AvgIpc) is 2.99. The van der Waals surface area contributed by atoms with Gasteiger partial charge in [-0.3, -0.25) is 0 Å². The first-order valence-corrected chi connectivity index (χ1v) is 8.00. The lowest BCUT2D eigenvalue weighted by Gasteiger charge is -2.17. The Kier molecular flexibility index (Phi) is 5.11. The molecule has 3 aromatic rings. The Bertz CT molecular complexity index is 738. The lowest BCUT2D eigenvalue weighted by Crippen LogP contribution is -2.24. The normalized spacial score (nSPS) is 12.3. The monoisotopic (exact) mass is 327 g/mol. The summed E-state index contributed by atoms with van der Waals surface area (Å²) < 4.78 is 10.4. The topological polar surface area (TPSA) is 18.0 Å². The minimum absolute atomic E-state index is 0.000668. The third-order valence-electron chi connectivity index (χ3n) is 3.74. The molecule has 0 radical (unpaired) electrons. The van der Waals surface area contributed by atoms with Crippen molar-refractivity contribution >= 4 is 11.6 Å². The number of aryl methyl sites for hydroxylation is 1. The van der Waals surface area contributed by atoms with Crippen LogP contribution in [0.15, 0.2) is 73.3 Å². The molecule has 0 aliphatic heterocycles. The van der Waals surface area contributed by atoms with Crippen molar-refractivity contribution in [3.05, 3.63) is 89.5 Å². The molecule has 1 atom stereocenters. The highest BCUT2D eigenvalue weighted by atomic mass is 35.5. The molecule has 4 heteroatoms. The SMILES string of the molecule is C[n+]1ccn(CC(OCc2ccc(Cl)cc2)c2ccccc2)c1. The Morgan fingerprint density at radius 1 is 1.09 bits per heavy atom. The van der Waals surface area contributed by atoms with Crippen molar-refractivity contribution in [3.8, 4) is 0 Å². The van der Waals surface area contributed by atoms with Crippen LogP contribution in [0.1, 0.15) is 17.2 Å². The summed E-state index contributed by atoms with van der Waals surface area (Å²) in [7, 11) is 2.02. The van der Waals surface area contributed by atoms with Gasteiger partial charge in [0.25, 0.3) is 0 Å². The number of hydrogen-bond donors (Lipinski definition) is 0. The predicted octanol–water partition coefficient (Wildman–Crippen LogP) is 3.92. The van der Waals surface area contributed by atoms with E-state index in [0.717, 1.165) is 17.1 Å². The van der Waals surface area contributed by atoms with Gasteiger partial charge in [-0.25, -0.2) is 9.13 Å². The minimum Gasteiger partial charge on any atom is -0.365 e. The molecule has 23 heavy (non-hydrogen) atoms. The van der Waals surface area contributed by atoms with Crippen molar-refractivity contribution < 1.29 is 9.30 Å². The van der Waals surface area contributed by atoms with Crippen molar-refractivity contribution in [2.75, 3.05) is 0 Å². The molecule has 1 unspecified atom stereocenters. The number of hydrogen-bond acceptors (Lipinski definition) is 1. The van der Waals surface area contributed by atoms with Crippen molar-refractivity contribution in [3.63, 3.8) is 0 Å². The molecule has 0 spiro atoms. The summed E-state index contributed by atoms with van der Waals surface area (Å²) in [5.74, 6) is 0. The molecule has 0 saturated carbocycles. The molecule has 0 fully saturated rings. The summed E-state index contributed by atoms with van der Waals surface area (Å²) in [4.78, 5) is 0. The molecule has 3 rings (SSSR count). The number of ether oxygens (including phenoxy) is 1. The van der Waals surface area contributed by atoms with Gasteiger partial charge in [-0.15, -0.1) is 0 Å². The molecule has 1 heterocycles. The Hall–Kier alpha value is -2.10. The van der Waals surface area contributed by atoms with Crippen LogP contribution in [0.2, 0.25) is 5.02 Å². The van der Waals surface area contributed by atoms with Gasteiger partial charge in [0.1, 0.15) is 25.0 Å². The average molecular weight is 328 g/mol. The molecule has 0 saturated heterocycles. The van der Waals surface area contributed by atoms with E-state index in [-0.39, 0.29) is 6.10 Å². The highest BCUT2D eigenvalue weighted by Gasteiger charge is 2.16. The zero-order valence-corrected chi connectivity index (χ0v) is 13.9. The van der Waals surface area contributed by atoms with Crippen LogP contribution in [-0.2, 0) is 24.9 Å². The second-order valence-corrected chi connectivity index (χ2v) is 6.05. The van der Waals surface area contributed by atoms with Crippen molar-refractivity contribution in [2.45, 2.75) is 19.3 Å². The Labute approximate surface area is 141 Å². The molecule has 0 aliphatic carbocycles. The van der Waals surface area contributed by atoms with Gasteiger partial charge < -0.3 is 4.74 Å². The van der Waals surface area contributed by atoms with Gasteiger partial charge in [0.2, 0.25) is 6.33 Å². The first-order chi connectivity index (χ1) is 11.2. The minimum atomic E-state index is -0.000668. The molecule has 0 aliphatic rings. The first kappa shape index (κ1) is 15.8. The van der Waals surface area contributed by atoms with Crippen LogP contribution in [0.25, 0.3) is 0 Å². The van der Waals surface area contributed by atoms with E-state index in [1.165, 1.54) is 5.56 Å². The van der Waals surface area contributed by atoms with Crippen LogP contribution in [0.5, 0.6) is 0 Å². The third-order valence-corrected chi connectivity index (χ3v) is 3.99. The van der Waals surface area contributed by atoms with Gasteiger partial charge in [-0.2, -0.15) is 0 Å². The molecular weight excluding hydrogens is 308 g/mol. The van der Waals surface area contributed by atoms with E-state index in [1.54, 1.807) is 0 Å². The van der Waals surface area contributed by atoms with E-state index in [1.807, 2.05) is 60.3 Å². The van der Waals surface area contributed by atoms with E-state index in [9.17, 15) is 0 Å². The Morgan fingerprint density at radius 3 is 2.48 bits per heavy atom. The molecule has 0 bridgehead atoms. The predicted molar refractivity (Wildman–Crippen MR) is 91.0 cm³/mol. The lowest BCUT2D eigenvalue weighted by molar-refractivity contribution is -0.671. The fourth-order valence-corrected chi connectivity index (χ4v) is 2.63. The fourth-order valence-electron chi connectivity index (χ4n) is 2.50. The van der Waals surface area contributed by atoms with Gasteiger partial charge in [0.05, 0.1) is 13.7 Å². The maximum absolute atomic E-state index is 6.19. The van der Waals surface area contributed by atoms with Crippen molar-refractivity contribution in [1.82, 2.24) is 4.57 Å². The van der Waals surface area contributed by atoms with Crippen LogP contribution < -0.4 is 4.57 Å². The maximum atomic E-state index is 6.19. The molecule has 3 nitrogen and oxygen atoms in total. The first-order valence-electron chi connectivity index (χ1n) is 7.63. The fraction of sp³-hybridized carbons (Fsp3) is 0.211. The Balaban J connectivity index is 1.73. The van der Waals surface area contributed by atoms with Crippen molar-refractivity contribution in [2.24, 2.45) is 7.05 Å². The van der Waals surface area contributed by atoms with Gasteiger partial charge in [-0.05, 0) is 23.3 Å². The largest absolute Gasteiger partial charge is 0.365 e. The van der Waals surface area contributed by atoms with Gasteiger partial charge in [-0.1, -0.05) is 54.1 Å². The van der Waals surface area contributed by atoms with Gasteiger partial charge in [0.15, 0.2) is 0 Å². The molecule has 0 N–H and O–H groups in total. The summed E-state index contributed by atoms with van der Waals surface area (Å²) in [5, 5.41) is 0.744. The number of imidazole rings is 1. The van der Waals surface area contributed by atoms with E-state index < -0.39 is 0 Å². The van der Waals surface area contributed by atoms with Crippen LogP contribution in [0, 0.1) is 0 Å². The second-order valence-electron chi connectivity index (χ2n) is 5.61. The quantitative estimate of drug-likeness (QED) is 0.627. The smallest absolute Gasteiger partial charge is 0.243 e. The highest BCUT2D eigenvalue weighted by Crippen LogP contribution is 2.21. The molecule has 2 aromatic carbocycles. The van der Waals surface area contributed by atoms with Crippen molar-refractivity contribution in [1.29, 1.82) is 0 Å². The van der Waals surface area contributed by atoms with Crippen LogP contribution >= 0.6 is 11.6 Å². The number of aromatic nitrogens is 2. The molecule has 0 amide bonds.